The smallest absolute Gasteiger partial charge is 0.462 e. The van der Waals surface area contributed by atoms with E-state index in [9.17, 15) is 48.8 Å². The highest BCUT2D eigenvalue weighted by atomic mass is 31.2. The molecule has 0 aromatic rings. The number of rotatable bonds is 37. The average Bonchev–Trinajstić information content (AvgIpc) is 3.24. The van der Waals surface area contributed by atoms with Crippen molar-refractivity contribution in [3.63, 3.8) is 0 Å². The van der Waals surface area contributed by atoms with Crippen molar-refractivity contribution in [3.05, 3.63) is 60.8 Å². The van der Waals surface area contributed by atoms with Crippen LogP contribution in [0.5, 0.6) is 0 Å². The van der Waals surface area contributed by atoms with Crippen LogP contribution in [0.25, 0.3) is 0 Å². The van der Waals surface area contributed by atoms with Crippen LogP contribution in [0.15, 0.2) is 60.8 Å². The molecule has 0 radical (unpaired) electrons. The average molecular weight is 951 g/mol. The molecule has 1 fully saturated rings. The number of phosphoric ester groups is 2. The third kappa shape index (κ3) is 29.8. The lowest BCUT2D eigenvalue weighted by atomic mass is 9.85. The number of carbonyl (C=O) groups excluding carboxylic acids is 3. The van der Waals surface area contributed by atoms with Gasteiger partial charge in [0, 0.05) is 19.3 Å². The highest BCUT2D eigenvalue weighted by Crippen LogP contribution is 2.49. The fourth-order valence-electron chi connectivity index (χ4n) is 6.49. The Hall–Kier alpha value is -2.63. The van der Waals surface area contributed by atoms with Gasteiger partial charge in [0.05, 0.1) is 6.61 Å². The van der Waals surface area contributed by atoms with Crippen LogP contribution in [0, 0.1) is 0 Å². The Morgan fingerprint density at radius 3 is 1.70 bits per heavy atom. The summed E-state index contributed by atoms with van der Waals surface area (Å²) in [5, 5.41) is 41.2. The molecular weight excluding hydrogens is 874 g/mol. The van der Waals surface area contributed by atoms with Crippen LogP contribution in [0.4, 0.5) is 0 Å². The van der Waals surface area contributed by atoms with Crippen LogP contribution in [0.1, 0.15) is 149 Å². The summed E-state index contributed by atoms with van der Waals surface area (Å²) < 4.78 is 49.2. The normalized spacial score (nSPS) is 22.3. The van der Waals surface area contributed by atoms with E-state index in [1.165, 1.54) is 0 Å². The van der Waals surface area contributed by atoms with Gasteiger partial charge < -0.3 is 44.6 Å². The van der Waals surface area contributed by atoms with E-state index in [4.69, 9.17) is 28.3 Å². The van der Waals surface area contributed by atoms with Gasteiger partial charge in [-0.05, 0) is 70.3 Å². The molecule has 0 aromatic heterocycles. The van der Waals surface area contributed by atoms with Crippen LogP contribution in [0.2, 0.25) is 0 Å². The summed E-state index contributed by atoms with van der Waals surface area (Å²) in [7, 11) is -10.7. The summed E-state index contributed by atoms with van der Waals surface area (Å²) in [4.78, 5) is 66.0. The highest BCUT2D eigenvalue weighted by Gasteiger charge is 2.54. The van der Waals surface area contributed by atoms with Crippen molar-refractivity contribution in [1.29, 1.82) is 0 Å². The van der Waals surface area contributed by atoms with Crippen LogP contribution in [0.3, 0.4) is 0 Å². The predicted octanol–water partition coefficient (Wildman–Crippen LogP) is 7.46. The van der Waals surface area contributed by atoms with Gasteiger partial charge in [0.15, 0.2) is 11.9 Å². The van der Waals surface area contributed by atoms with Crippen LogP contribution in [-0.2, 0) is 46.6 Å². The Kier molecular flexibility index (Phi) is 33.0. The van der Waals surface area contributed by atoms with Gasteiger partial charge in [0.25, 0.3) is 0 Å². The van der Waals surface area contributed by atoms with E-state index >= 15 is 0 Å². The molecule has 0 spiro atoms. The number of carbonyl (C=O) groups is 3. The maximum Gasteiger partial charge on any atom is 0.472 e. The molecule has 64 heavy (non-hydrogen) atoms. The van der Waals surface area contributed by atoms with Gasteiger partial charge >= 0.3 is 27.6 Å². The minimum Gasteiger partial charge on any atom is -0.462 e. The summed E-state index contributed by atoms with van der Waals surface area (Å²) >= 11 is 0. The number of ketones is 1. The van der Waals surface area contributed by atoms with E-state index in [0.29, 0.717) is 25.7 Å². The number of phosphoric acid groups is 2. The van der Waals surface area contributed by atoms with Gasteiger partial charge in [-0.25, -0.2) is 9.13 Å². The fourth-order valence-corrected chi connectivity index (χ4v) is 8.03. The Bertz CT molecular complexity index is 1540. The first kappa shape index (κ1) is 59.4. The summed E-state index contributed by atoms with van der Waals surface area (Å²) in [6.45, 7) is 2.78. The number of aliphatic hydroxyl groups excluding tert-OH is 4. The summed E-state index contributed by atoms with van der Waals surface area (Å²) in [5.74, 6) is -1.17. The van der Waals surface area contributed by atoms with Crippen LogP contribution >= 0.6 is 15.6 Å². The van der Waals surface area contributed by atoms with Crippen molar-refractivity contribution in [2.24, 2.45) is 0 Å². The number of esters is 2. The zero-order valence-corrected chi connectivity index (χ0v) is 39.5. The molecule has 1 aliphatic rings. The Balaban J connectivity index is 2.65. The molecular formula is C45H76O17P2. The monoisotopic (exact) mass is 950 g/mol. The van der Waals surface area contributed by atoms with Gasteiger partial charge in [-0.3, -0.25) is 28.0 Å². The largest absolute Gasteiger partial charge is 0.472 e. The zero-order valence-electron chi connectivity index (χ0n) is 37.7. The molecule has 5 unspecified atom stereocenters. The standard InChI is InChI=1S/C45H76O17P2/c1-3-5-7-8-9-10-11-12-13-14-15-18-21-24-28-32-38(47)58-34-37(60-39(48)33-29-25-22-19-16-17-20-23-27-31-36(46)30-26-6-4-2)35-59-64(56,57)62-45-42(51)40(49)41(50)44(43(45)52)61-63(53,54)55/h5,7,9-10,12-13,20,23,27,31,37,40-45,49-52H,3-4,6,8,11,14-19,21-22,24-26,28-30,32-35H2,1-2H3,(H,56,57)(H2,53,54,55)/b7-5-,10-9-,13-12-,23-20-,31-27+/t37-,40?,41?,42?,43?,44-,45+/m1/s1. The van der Waals surface area contributed by atoms with E-state index in [2.05, 4.69) is 54.8 Å². The lowest BCUT2D eigenvalue weighted by molar-refractivity contribution is -0.216. The molecule has 0 amide bonds. The van der Waals surface area contributed by atoms with Crippen molar-refractivity contribution in [1.82, 2.24) is 0 Å². The van der Waals surface area contributed by atoms with E-state index in [1.807, 2.05) is 12.2 Å². The summed E-state index contributed by atoms with van der Waals surface area (Å²) in [5.41, 5.74) is 0. The predicted molar refractivity (Wildman–Crippen MR) is 241 cm³/mol. The van der Waals surface area contributed by atoms with Gasteiger partial charge in [-0.1, -0.05) is 120 Å². The molecule has 17 nitrogen and oxygen atoms in total. The van der Waals surface area contributed by atoms with Crippen molar-refractivity contribution < 1.29 is 81.7 Å². The molecule has 0 heterocycles. The molecule has 0 saturated heterocycles. The fraction of sp³-hybridized carbons (Fsp3) is 0.711. The van der Waals surface area contributed by atoms with Crippen molar-refractivity contribution >= 4 is 33.4 Å². The van der Waals surface area contributed by atoms with Crippen LogP contribution in [-0.4, -0.2) is 109 Å². The van der Waals surface area contributed by atoms with E-state index in [-0.39, 0.29) is 18.6 Å². The van der Waals surface area contributed by atoms with Gasteiger partial charge in [0.2, 0.25) is 0 Å². The second kappa shape index (κ2) is 35.5. The second-order valence-electron chi connectivity index (χ2n) is 15.8. The number of ether oxygens (including phenoxy) is 2. The maximum absolute atomic E-state index is 13.0. The van der Waals surface area contributed by atoms with E-state index in [0.717, 1.165) is 96.3 Å². The molecule has 0 aromatic carbocycles. The topological polar surface area (TPSA) is 273 Å². The molecule has 0 aliphatic heterocycles. The first-order chi connectivity index (χ1) is 30.5. The lowest BCUT2D eigenvalue weighted by Gasteiger charge is -2.43. The first-order valence-electron chi connectivity index (χ1n) is 22.8. The number of hydrogen-bond acceptors (Lipinski definition) is 14. The molecule has 0 bridgehead atoms. The third-order valence-electron chi connectivity index (χ3n) is 10.1. The SMILES string of the molecule is CC/C=C\C/C=C\C/C=C\CCCCCCCC(=O)OC[C@H](COP(=O)(O)O[C@H]1C(O)C(O)C(O)[C@@H](OP(=O)(O)O)C1O)OC(=O)CCCCCCC/C=C\C=C\C(=O)CCCCC. The third-order valence-corrected chi connectivity index (χ3v) is 11.6. The number of allylic oxidation sites excluding steroid dienone is 10. The minimum atomic E-state index is -5.38. The Morgan fingerprint density at radius 1 is 0.562 bits per heavy atom. The molecule has 19 heteroatoms. The van der Waals surface area contributed by atoms with E-state index in [1.54, 1.807) is 12.2 Å². The number of hydrogen-bond donors (Lipinski definition) is 7. The number of unbranched alkanes of at least 4 members (excludes halogenated alkanes) is 12. The quantitative estimate of drug-likeness (QED) is 0.00795. The molecule has 1 aliphatic carbocycles. The Labute approximate surface area is 379 Å². The second-order valence-corrected chi connectivity index (χ2v) is 18.4. The number of aliphatic hydroxyl groups is 4. The highest BCUT2D eigenvalue weighted by molar-refractivity contribution is 7.47. The van der Waals surface area contributed by atoms with Crippen LogP contribution < -0.4 is 0 Å². The van der Waals surface area contributed by atoms with Crippen molar-refractivity contribution in [3.8, 4) is 0 Å². The summed E-state index contributed by atoms with van der Waals surface area (Å²) in [6.07, 6.45) is 21.6. The maximum atomic E-state index is 13.0. The van der Waals surface area contributed by atoms with E-state index < -0.39 is 83.5 Å². The zero-order chi connectivity index (χ0) is 47.6. The first-order valence-corrected chi connectivity index (χ1v) is 25.8. The lowest BCUT2D eigenvalue weighted by Crippen LogP contribution is -2.64. The minimum absolute atomic E-state index is 0.0138. The van der Waals surface area contributed by atoms with Gasteiger partial charge in [0.1, 0.15) is 43.2 Å². The summed E-state index contributed by atoms with van der Waals surface area (Å²) in [6, 6.07) is 0. The van der Waals surface area contributed by atoms with Crippen molar-refractivity contribution in [2.45, 2.75) is 191 Å². The molecule has 368 valence electrons. The molecule has 7 N–H and O–H groups in total. The molecule has 1 rings (SSSR count). The Morgan fingerprint density at radius 2 is 1.09 bits per heavy atom. The van der Waals surface area contributed by atoms with Crippen molar-refractivity contribution in [2.75, 3.05) is 13.2 Å². The van der Waals surface area contributed by atoms with Gasteiger partial charge in [-0.2, -0.15) is 0 Å². The van der Waals surface area contributed by atoms with Gasteiger partial charge in [-0.15, -0.1) is 0 Å². The molecule has 8 atom stereocenters. The molecule has 1 saturated carbocycles.